The van der Waals surface area contributed by atoms with Crippen molar-refractivity contribution in [1.29, 1.82) is 0 Å². The highest BCUT2D eigenvalue weighted by Gasteiger charge is 2.42. The molecule has 5 aromatic carbocycles. The Balaban J connectivity index is 1.65. The Bertz CT molecular complexity index is 2310. The van der Waals surface area contributed by atoms with Crippen molar-refractivity contribution in [1.82, 2.24) is 4.40 Å². The fraction of sp³-hybridized carbons (Fsp3) is 0.0588. The number of benzene rings is 5. The third-order valence-electron chi connectivity index (χ3n) is 8.44. The predicted octanol–water partition coefficient (Wildman–Crippen LogP) is 6.39. The van der Waals surface area contributed by atoms with Crippen LogP contribution in [0.4, 0.5) is 0 Å². The largest absolute Gasteiger partial charge is 0.307 e. The number of hydrogen-bond acceptors (Lipinski definition) is 3. The molecule has 0 fully saturated rings. The molecule has 2 aromatic heterocycles. The molecular weight excluding hydrogens is 502 g/mol. The van der Waals surface area contributed by atoms with E-state index in [-0.39, 0.29) is 10.9 Å². The zero-order valence-corrected chi connectivity index (χ0v) is 21.8. The van der Waals surface area contributed by atoms with Crippen LogP contribution < -0.4 is 10.9 Å². The van der Waals surface area contributed by atoms with Crippen LogP contribution in [-0.2, 0) is 16.2 Å². The molecule has 5 heteroatoms. The molecule has 4 nitrogen and oxygen atoms in total. The summed E-state index contributed by atoms with van der Waals surface area (Å²) in [4.78, 5) is 29.1. The third-order valence-corrected chi connectivity index (χ3v) is 9.99. The second-order valence-corrected chi connectivity index (χ2v) is 11.7. The minimum Gasteiger partial charge on any atom is -0.307 e. The number of rotatable bonds is 1. The van der Waals surface area contributed by atoms with Crippen LogP contribution in [0.25, 0.3) is 38.1 Å². The second kappa shape index (κ2) is 7.71. The van der Waals surface area contributed by atoms with Crippen LogP contribution in [0.1, 0.15) is 23.6 Å². The Morgan fingerprint density at radius 3 is 2.10 bits per heavy atom. The van der Waals surface area contributed by atoms with Gasteiger partial charge < -0.3 is 4.40 Å². The molecule has 8 rings (SSSR count). The first-order valence-corrected chi connectivity index (χ1v) is 14.0. The molecule has 0 spiro atoms. The van der Waals surface area contributed by atoms with Gasteiger partial charge in [0.1, 0.15) is 0 Å². The van der Waals surface area contributed by atoms with Crippen LogP contribution in [0.15, 0.2) is 129 Å². The molecule has 0 aliphatic carbocycles. The van der Waals surface area contributed by atoms with Crippen molar-refractivity contribution in [2.75, 3.05) is 0 Å². The van der Waals surface area contributed by atoms with E-state index in [1.807, 2.05) is 83.3 Å². The second-order valence-electron chi connectivity index (χ2n) is 10.3. The van der Waals surface area contributed by atoms with E-state index >= 15 is 0 Å². The van der Waals surface area contributed by atoms with Crippen molar-refractivity contribution in [3.63, 3.8) is 0 Å². The predicted molar refractivity (Wildman–Crippen MR) is 157 cm³/mol. The van der Waals surface area contributed by atoms with E-state index in [0.29, 0.717) is 42.4 Å². The number of hydrogen-bond donors (Lipinski definition) is 0. The number of pyridine rings is 2. The molecule has 1 aliphatic rings. The lowest BCUT2D eigenvalue weighted by Crippen LogP contribution is -2.33. The first-order valence-electron chi connectivity index (χ1n) is 12.9. The minimum absolute atomic E-state index is 0.0953. The summed E-state index contributed by atoms with van der Waals surface area (Å²) < 4.78 is 16.4. The van der Waals surface area contributed by atoms with E-state index in [9.17, 15) is 13.8 Å². The van der Waals surface area contributed by atoms with Crippen LogP contribution in [0, 0.1) is 0 Å². The maximum absolute atomic E-state index is 14.4. The summed E-state index contributed by atoms with van der Waals surface area (Å²) in [6.45, 7) is 2.15. The molecule has 0 saturated carbocycles. The van der Waals surface area contributed by atoms with Crippen LogP contribution in [0.2, 0.25) is 0 Å². The topological polar surface area (TPSA) is 55.6 Å². The Morgan fingerprint density at radius 1 is 0.615 bits per heavy atom. The molecule has 0 radical (unpaired) electrons. The Kier molecular flexibility index (Phi) is 4.43. The van der Waals surface area contributed by atoms with E-state index in [0.717, 1.165) is 22.2 Å². The van der Waals surface area contributed by atoms with Crippen molar-refractivity contribution >= 4 is 48.9 Å². The van der Waals surface area contributed by atoms with Crippen molar-refractivity contribution in [3.8, 4) is 0 Å². The van der Waals surface area contributed by atoms with Gasteiger partial charge in [0, 0.05) is 26.5 Å². The lowest BCUT2D eigenvalue weighted by molar-refractivity contribution is 0.632. The molecule has 39 heavy (non-hydrogen) atoms. The highest BCUT2D eigenvalue weighted by atomic mass is 32.2. The van der Waals surface area contributed by atoms with Gasteiger partial charge in [-0.1, -0.05) is 72.8 Å². The maximum Gasteiger partial charge on any atom is 0.198 e. The van der Waals surface area contributed by atoms with E-state index in [2.05, 4.69) is 19.1 Å². The summed E-state index contributed by atoms with van der Waals surface area (Å²) in [6.07, 6.45) is 0. The van der Waals surface area contributed by atoms with Crippen molar-refractivity contribution < 1.29 is 4.21 Å². The lowest BCUT2D eigenvalue weighted by atomic mass is 9.70. The standard InChI is InChI=1S/C34H21NO3S/c1-34(20-10-3-2-4-11-20)24-15-6-8-17-28(24)39(38)33-25(34)18-19-27-29(33)32(37)23-14-9-13-22-30(23)35(27)26-16-7-5-12-21(26)31(22)36/h2-19H,1H3. The molecule has 0 bridgehead atoms. The molecule has 0 saturated heterocycles. The Labute approximate surface area is 225 Å². The minimum atomic E-state index is -1.58. The zero-order valence-electron chi connectivity index (χ0n) is 21.0. The van der Waals surface area contributed by atoms with Gasteiger partial charge in [-0.05, 0) is 60.0 Å². The fourth-order valence-corrected chi connectivity index (χ4v) is 8.35. The van der Waals surface area contributed by atoms with Gasteiger partial charge in [-0.25, -0.2) is 4.21 Å². The molecule has 3 heterocycles. The monoisotopic (exact) mass is 523 g/mol. The molecule has 1 aliphatic heterocycles. The van der Waals surface area contributed by atoms with Gasteiger partial charge in [0.05, 0.1) is 37.6 Å². The molecule has 2 unspecified atom stereocenters. The fourth-order valence-electron chi connectivity index (χ4n) is 6.61. The molecule has 0 amide bonds. The molecule has 2 atom stereocenters. The van der Waals surface area contributed by atoms with Gasteiger partial charge in [-0.15, -0.1) is 0 Å². The summed E-state index contributed by atoms with van der Waals surface area (Å²) in [5.41, 5.74) is 3.97. The van der Waals surface area contributed by atoms with Crippen molar-refractivity contribution in [3.05, 3.63) is 146 Å². The highest BCUT2D eigenvalue weighted by molar-refractivity contribution is 7.85. The zero-order chi connectivity index (χ0) is 26.5. The quantitative estimate of drug-likeness (QED) is 0.185. The average molecular weight is 524 g/mol. The third kappa shape index (κ3) is 2.70. The smallest absolute Gasteiger partial charge is 0.198 e. The number of nitrogens with zero attached hydrogens (tertiary/aromatic N) is 1. The van der Waals surface area contributed by atoms with Gasteiger partial charge in [0.15, 0.2) is 10.9 Å². The van der Waals surface area contributed by atoms with Crippen LogP contribution in [0.5, 0.6) is 0 Å². The van der Waals surface area contributed by atoms with Crippen LogP contribution in [0.3, 0.4) is 0 Å². The summed E-state index contributed by atoms with van der Waals surface area (Å²) >= 11 is 0. The van der Waals surface area contributed by atoms with Gasteiger partial charge in [-0.3, -0.25) is 9.59 Å². The average Bonchev–Trinajstić information content (AvgIpc) is 2.99. The summed E-state index contributed by atoms with van der Waals surface area (Å²) in [7, 11) is -1.58. The van der Waals surface area contributed by atoms with E-state index < -0.39 is 16.2 Å². The molecule has 7 aromatic rings. The normalized spacial score (nSPS) is 18.5. The number of para-hydroxylation sites is 2. The Hall–Kier alpha value is -4.61. The first-order chi connectivity index (χ1) is 19.0. The Morgan fingerprint density at radius 2 is 1.28 bits per heavy atom. The van der Waals surface area contributed by atoms with Gasteiger partial charge in [-0.2, -0.15) is 0 Å². The summed E-state index contributed by atoms with van der Waals surface area (Å²) in [6, 6.07) is 34.8. The van der Waals surface area contributed by atoms with Crippen molar-refractivity contribution in [2.24, 2.45) is 0 Å². The van der Waals surface area contributed by atoms with Crippen molar-refractivity contribution in [2.45, 2.75) is 22.1 Å². The highest BCUT2D eigenvalue weighted by Crippen LogP contribution is 2.49. The van der Waals surface area contributed by atoms with E-state index in [4.69, 9.17) is 0 Å². The first kappa shape index (κ1) is 22.4. The van der Waals surface area contributed by atoms with Gasteiger partial charge in [0.2, 0.25) is 0 Å². The maximum atomic E-state index is 14.4. The van der Waals surface area contributed by atoms with Gasteiger partial charge in [0.25, 0.3) is 0 Å². The summed E-state index contributed by atoms with van der Waals surface area (Å²) in [5.74, 6) is 0. The van der Waals surface area contributed by atoms with E-state index in [1.165, 1.54) is 0 Å². The lowest BCUT2D eigenvalue weighted by Gasteiger charge is -2.38. The van der Waals surface area contributed by atoms with Gasteiger partial charge >= 0.3 is 0 Å². The molecule has 186 valence electrons. The molecular formula is C34H21NO3S. The van der Waals surface area contributed by atoms with Crippen LogP contribution in [-0.4, -0.2) is 8.61 Å². The van der Waals surface area contributed by atoms with Crippen LogP contribution >= 0.6 is 0 Å². The SMILES string of the molecule is CC1(c2ccccc2)c2ccccc2S(=O)c2c1ccc1c2c(=O)c2cccc3c(=O)c4ccccc4n1c32. The number of aromatic nitrogens is 1. The summed E-state index contributed by atoms with van der Waals surface area (Å²) in [5, 5.41) is 1.98. The molecule has 0 N–H and O–H groups in total. The number of fused-ring (bicyclic) bond motifs is 7. The van der Waals surface area contributed by atoms with E-state index in [1.54, 1.807) is 18.2 Å².